The van der Waals surface area contributed by atoms with Crippen molar-refractivity contribution in [3.8, 4) is 11.5 Å². The molecule has 5 rings (SSSR count). The van der Waals surface area contributed by atoms with E-state index in [1.807, 2.05) is 10.6 Å². The fourth-order valence-electron chi connectivity index (χ4n) is 4.33. The third-order valence-electron chi connectivity index (χ3n) is 6.06. The molecule has 0 saturated heterocycles. The van der Waals surface area contributed by atoms with Crippen LogP contribution in [0.2, 0.25) is 0 Å². The molecular weight excluding hydrogens is 411 g/mol. The maximum Gasteiger partial charge on any atom is 0.234 e. The zero-order valence-corrected chi connectivity index (χ0v) is 18.5. The van der Waals surface area contributed by atoms with E-state index in [1.165, 1.54) is 11.0 Å². The van der Waals surface area contributed by atoms with Gasteiger partial charge in [-0.3, -0.25) is 9.69 Å². The molecule has 1 saturated carbocycles. The molecule has 1 amide bonds. The number of halogens is 1. The van der Waals surface area contributed by atoms with Crippen LogP contribution in [0.5, 0.6) is 11.5 Å². The molecule has 7 heteroatoms. The van der Waals surface area contributed by atoms with Gasteiger partial charge in [-0.25, -0.2) is 4.39 Å². The van der Waals surface area contributed by atoms with Crippen molar-refractivity contribution in [1.82, 2.24) is 4.57 Å². The summed E-state index contributed by atoms with van der Waals surface area (Å²) < 4.78 is 28.4. The number of aromatic nitrogens is 1. The number of anilines is 2. The minimum Gasteiger partial charge on any atom is -0.454 e. The van der Waals surface area contributed by atoms with Crippen molar-refractivity contribution >= 4 is 28.2 Å². The van der Waals surface area contributed by atoms with Gasteiger partial charge in [-0.2, -0.15) is 0 Å². The summed E-state index contributed by atoms with van der Waals surface area (Å²) in [7, 11) is 0. The van der Waals surface area contributed by atoms with Gasteiger partial charge in [0.05, 0.1) is 23.5 Å². The van der Waals surface area contributed by atoms with Gasteiger partial charge in [0.2, 0.25) is 12.7 Å². The number of aliphatic hydroxyl groups is 1. The molecule has 0 spiro atoms. The van der Waals surface area contributed by atoms with Crippen LogP contribution in [0.15, 0.2) is 36.4 Å². The molecule has 0 unspecified atom stereocenters. The average Bonchev–Trinajstić information content (AvgIpc) is 3.39. The Morgan fingerprint density at radius 2 is 1.91 bits per heavy atom. The summed E-state index contributed by atoms with van der Waals surface area (Å²) in [6, 6.07) is 10.5. The summed E-state index contributed by atoms with van der Waals surface area (Å²) in [5.41, 5.74) is 2.28. The van der Waals surface area contributed by atoms with Gasteiger partial charge in [-0.15, -0.1) is 0 Å². The lowest BCUT2D eigenvalue weighted by Crippen LogP contribution is -2.28. The molecule has 168 valence electrons. The fourth-order valence-corrected chi connectivity index (χ4v) is 4.33. The maximum absolute atomic E-state index is 15.6. The second-order valence-corrected chi connectivity index (χ2v) is 9.50. The smallest absolute Gasteiger partial charge is 0.234 e. The van der Waals surface area contributed by atoms with Crippen molar-refractivity contribution in [2.24, 2.45) is 5.92 Å². The van der Waals surface area contributed by atoms with Crippen LogP contribution in [0.4, 0.5) is 15.8 Å². The molecule has 2 heterocycles. The number of rotatable bonds is 5. The summed E-state index contributed by atoms with van der Waals surface area (Å²) in [5.74, 6) is 0.454. The summed E-state index contributed by atoms with van der Waals surface area (Å²) in [4.78, 5) is 14.7. The fraction of sp³-hybridized carbons (Fsp3) is 0.400. The number of nitrogens with zero attached hydrogens (tertiary/aromatic N) is 2. The summed E-state index contributed by atoms with van der Waals surface area (Å²) in [5, 5.41) is 10.4. The first kappa shape index (κ1) is 20.8. The van der Waals surface area contributed by atoms with Crippen LogP contribution in [0.25, 0.3) is 10.9 Å². The molecule has 2 aliphatic rings. The number of aliphatic hydroxyl groups excluding tert-OH is 1. The van der Waals surface area contributed by atoms with Crippen LogP contribution in [0.1, 0.15) is 39.3 Å². The Morgan fingerprint density at radius 3 is 2.59 bits per heavy atom. The van der Waals surface area contributed by atoms with E-state index in [4.69, 9.17) is 9.47 Å². The summed E-state index contributed by atoms with van der Waals surface area (Å²) in [6.07, 6.45) is 1.62. The van der Waals surface area contributed by atoms with E-state index in [0.29, 0.717) is 29.2 Å². The van der Waals surface area contributed by atoms with Crippen molar-refractivity contribution in [3.63, 3.8) is 0 Å². The van der Waals surface area contributed by atoms with E-state index < -0.39 is 5.82 Å². The zero-order valence-electron chi connectivity index (χ0n) is 18.5. The maximum atomic E-state index is 15.6. The Hall–Kier alpha value is -3.06. The standard InChI is InChI=1S/C25H27FN2O4/c1-25(2,3)23-11-16-10-20(18(26)13-19(16)27(23)8-9-29)28(24(30)15-4-5-15)17-6-7-21-22(12-17)32-14-31-21/h6-7,10-13,15,29H,4-5,8-9,14H2,1-3H3. The predicted octanol–water partition coefficient (Wildman–Crippen LogP) is 4.87. The van der Waals surface area contributed by atoms with Crippen LogP contribution in [0.3, 0.4) is 0 Å². The van der Waals surface area contributed by atoms with Gasteiger partial charge >= 0.3 is 0 Å². The van der Waals surface area contributed by atoms with Crippen LogP contribution in [-0.4, -0.2) is 29.0 Å². The molecule has 1 aliphatic heterocycles. The third kappa shape index (κ3) is 3.50. The van der Waals surface area contributed by atoms with E-state index in [2.05, 4.69) is 20.8 Å². The molecule has 1 aromatic heterocycles. The van der Waals surface area contributed by atoms with E-state index in [-0.39, 0.29) is 36.3 Å². The zero-order chi connectivity index (χ0) is 22.6. The highest BCUT2D eigenvalue weighted by atomic mass is 19.1. The lowest BCUT2D eigenvalue weighted by atomic mass is 9.92. The number of ether oxygens (including phenoxy) is 2. The minimum absolute atomic E-state index is 0.0419. The number of fused-ring (bicyclic) bond motifs is 2. The number of carbonyl (C=O) groups excluding carboxylic acids is 1. The number of amides is 1. The van der Waals surface area contributed by atoms with E-state index in [9.17, 15) is 9.90 Å². The minimum atomic E-state index is -0.484. The second-order valence-electron chi connectivity index (χ2n) is 9.50. The Kier molecular flexibility index (Phi) is 4.89. The molecule has 1 N–H and O–H groups in total. The molecule has 2 aromatic carbocycles. The van der Waals surface area contributed by atoms with Gasteiger partial charge in [0.15, 0.2) is 11.5 Å². The molecule has 32 heavy (non-hydrogen) atoms. The van der Waals surface area contributed by atoms with Crippen molar-refractivity contribution in [2.75, 3.05) is 18.3 Å². The van der Waals surface area contributed by atoms with Gasteiger partial charge in [0, 0.05) is 41.1 Å². The lowest BCUT2D eigenvalue weighted by Gasteiger charge is -2.24. The summed E-state index contributed by atoms with van der Waals surface area (Å²) in [6.45, 7) is 6.72. The first-order valence-electron chi connectivity index (χ1n) is 11.0. The van der Waals surface area contributed by atoms with E-state index in [0.717, 1.165) is 23.9 Å². The largest absolute Gasteiger partial charge is 0.454 e. The monoisotopic (exact) mass is 438 g/mol. The second kappa shape index (κ2) is 7.52. The van der Waals surface area contributed by atoms with Crippen LogP contribution < -0.4 is 14.4 Å². The number of carbonyl (C=O) groups is 1. The van der Waals surface area contributed by atoms with E-state index >= 15 is 4.39 Å². The van der Waals surface area contributed by atoms with Gasteiger partial charge in [0.1, 0.15) is 5.82 Å². The highest BCUT2D eigenvalue weighted by Gasteiger charge is 2.36. The highest BCUT2D eigenvalue weighted by molar-refractivity contribution is 6.04. The van der Waals surface area contributed by atoms with E-state index in [1.54, 1.807) is 24.3 Å². The first-order valence-corrected chi connectivity index (χ1v) is 11.0. The molecule has 0 atom stereocenters. The van der Waals surface area contributed by atoms with Gasteiger partial charge in [-0.05, 0) is 37.1 Å². The molecule has 1 fully saturated rings. The summed E-state index contributed by atoms with van der Waals surface area (Å²) >= 11 is 0. The van der Waals surface area contributed by atoms with Crippen molar-refractivity contribution in [3.05, 3.63) is 47.9 Å². The molecule has 0 radical (unpaired) electrons. The molecule has 3 aromatic rings. The lowest BCUT2D eigenvalue weighted by molar-refractivity contribution is -0.119. The van der Waals surface area contributed by atoms with Gasteiger partial charge < -0.3 is 19.1 Å². The van der Waals surface area contributed by atoms with Crippen LogP contribution in [0, 0.1) is 11.7 Å². The first-order chi connectivity index (χ1) is 15.3. The Balaban J connectivity index is 1.67. The molecular formula is C25H27FN2O4. The number of benzene rings is 2. The number of hydrogen-bond acceptors (Lipinski definition) is 4. The molecule has 0 bridgehead atoms. The highest BCUT2D eigenvalue weighted by Crippen LogP contribution is 2.43. The Bertz CT molecular complexity index is 1210. The Morgan fingerprint density at radius 1 is 1.16 bits per heavy atom. The van der Waals surface area contributed by atoms with Crippen LogP contribution in [-0.2, 0) is 16.8 Å². The van der Waals surface area contributed by atoms with Crippen molar-refractivity contribution in [1.29, 1.82) is 0 Å². The van der Waals surface area contributed by atoms with Crippen molar-refractivity contribution < 1.29 is 23.8 Å². The SMILES string of the molecule is CC(C)(C)c1cc2cc(N(C(=O)C3CC3)c3ccc4c(c3)OCO4)c(F)cc2n1CCO. The average molecular weight is 438 g/mol. The number of hydrogen-bond donors (Lipinski definition) is 1. The van der Waals surface area contributed by atoms with Crippen molar-refractivity contribution in [2.45, 2.75) is 45.6 Å². The molecule has 1 aliphatic carbocycles. The topological polar surface area (TPSA) is 63.9 Å². The Labute approximate surface area is 186 Å². The predicted molar refractivity (Wildman–Crippen MR) is 120 cm³/mol. The molecule has 6 nitrogen and oxygen atoms in total. The third-order valence-corrected chi connectivity index (χ3v) is 6.06. The van der Waals surface area contributed by atoms with Crippen LogP contribution >= 0.6 is 0 Å². The quantitative estimate of drug-likeness (QED) is 0.617. The van der Waals surface area contributed by atoms with Gasteiger partial charge in [-0.1, -0.05) is 20.8 Å². The van der Waals surface area contributed by atoms with Gasteiger partial charge in [0.25, 0.3) is 0 Å². The normalized spacial score (nSPS) is 15.4.